The first-order valence-corrected chi connectivity index (χ1v) is 9.51. The van der Waals surface area contributed by atoms with Gasteiger partial charge in [0.1, 0.15) is 11.5 Å². The second-order valence-corrected chi connectivity index (χ2v) is 6.42. The van der Waals surface area contributed by atoms with E-state index in [1.165, 1.54) is 0 Å². The first kappa shape index (κ1) is 20.5. The van der Waals surface area contributed by atoms with Gasteiger partial charge in [0.25, 0.3) is 0 Å². The van der Waals surface area contributed by atoms with Gasteiger partial charge in [-0.15, -0.1) is 0 Å². The summed E-state index contributed by atoms with van der Waals surface area (Å²) in [5.41, 5.74) is 0.421. The van der Waals surface area contributed by atoms with E-state index in [1.807, 2.05) is 0 Å². The fraction of sp³-hybridized carbons (Fsp3) is 0.364. The van der Waals surface area contributed by atoms with Crippen LogP contribution in [0, 0.1) is 0 Å². The van der Waals surface area contributed by atoms with Crippen LogP contribution in [0.5, 0.6) is 23.0 Å². The zero-order chi connectivity index (χ0) is 20.5. The van der Waals surface area contributed by atoms with Gasteiger partial charge >= 0.3 is 5.97 Å². The molecule has 7 heteroatoms. The number of esters is 1. The molecule has 0 fully saturated rings. The number of ether oxygens (including phenoxy) is 5. The molecule has 2 aromatic rings. The SMILES string of the molecule is COc1ccc(OCCCC(=O)OCC(=O)c2ccc3c(c2)OCCCO3)cc1. The van der Waals surface area contributed by atoms with Crippen LogP contribution in [-0.4, -0.2) is 45.3 Å². The predicted molar refractivity (Wildman–Crippen MR) is 105 cm³/mol. The molecule has 154 valence electrons. The molecular weight excluding hydrogens is 376 g/mol. The Bertz CT molecular complexity index is 830. The smallest absolute Gasteiger partial charge is 0.306 e. The van der Waals surface area contributed by atoms with Gasteiger partial charge in [0, 0.05) is 18.4 Å². The predicted octanol–water partition coefficient (Wildman–Crippen LogP) is 3.44. The van der Waals surface area contributed by atoms with Crippen molar-refractivity contribution < 1.29 is 33.3 Å². The van der Waals surface area contributed by atoms with Crippen molar-refractivity contribution in [2.75, 3.05) is 33.5 Å². The van der Waals surface area contributed by atoms with Crippen LogP contribution in [0.4, 0.5) is 0 Å². The van der Waals surface area contributed by atoms with Crippen LogP contribution in [0.15, 0.2) is 42.5 Å². The van der Waals surface area contributed by atoms with Crippen molar-refractivity contribution >= 4 is 11.8 Å². The number of Topliss-reactive ketones (excluding diaryl/α,β-unsaturated/α-hetero) is 1. The van der Waals surface area contributed by atoms with Gasteiger partial charge < -0.3 is 23.7 Å². The normalized spacial score (nSPS) is 12.6. The van der Waals surface area contributed by atoms with Crippen molar-refractivity contribution in [2.24, 2.45) is 0 Å². The molecule has 0 radical (unpaired) electrons. The summed E-state index contributed by atoms with van der Waals surface area (Å²) >= 11 is 0. The third-order valence-corrected chi connectivity index (χ3v) is 4.29. The van der Waals surface area contributed by atoms with Crippen molar-refractivity contribution in [3.63, 3.8) is 0 Å². The highest BCUT2D eigenvalue weighted by Crippen LogP contribution is 2.30. The minimum Gasteiger partial charge on any atom is -0.497 e. The van der Waals surface area contributed by atoms with Crippen LogP contribution in [0.2, 0.25) is 0 Å². The third kappa shape index (κ3) is 6.14. The highest BCUT2D eigenvalue weighted by Gasteiger charge is 2.15. The van der Waals surface area contributed by atoms with E-state index in [4.69, 9.17) is 23.7 Å². The van der Waals surface area contributed by atoms with Crippen LogP contribution in [0.25, 0.3) is 0 Å². The number of carbonyl (C=O) groups excluding carboxylic acids is 2. The molecular formula is C22H24O7. The van der Waals surface area contributed by atoms with E-state index in [9.17, 15) is 9.59 Å². The Morgan fingerprint density at radius 3 is 2.45 bits per heavy atom. The van der Waals surface area contributed by atoms with Crippen molar-refractivity contribution in [3.8, 4) is 23.0 Å². The van der Waals surface area contributed by atoms with E-state index in [1.54, 1.807) is 49.6 Å². The molecule has 0 aliphatic carbocycles. The third-order valence-electron chi connectivity index (χ3n) is 4.29. The van der Waals surface area contributed by atoms with Gasteiger partial charge in [-0.2, -0.15) is 0 Å². The lowest BCUT2D eigenvalue weighted by Crippen LogP contribution is -2.15. The van der Waals surface area contributed by atoms with Crippen molar-refractivity contribution in [1.82, 2.24) is 0 Å². The second kappa shape index (κ2) is 10.4. The molecule has 0 N–H and O–H groups in total. The fourth-order valence-electron chi connectivity index (χ4n) is 2.72. The molecule has 0 atom stereocenters. The maximum Gasteiger partial charge on any atom is 0.306 e. The van der Waals surface area contributed by atoms with Gasteiger partial charge in [-0.3, -0.25) is 9.59 Å². The summed E-state index contributed by atoms with van der Waals surface area (Å²) in [4.78, 5) is 24.1. The Hall–Kier alpha value is -3.22. The van der Waals surface area contributed by atoms with Gasteiger partial charge in [-0.1, -0.05) is 0 Å². The lowest BCUT2D eigenvalue weighted by Gasteiger charge is -2.09. The van der Waals surface area contributed by atoms with E-state index < -0.39 is 5.97 Å². The standard InChI is InChI=1S/C22H24O7/c1-25-17-6-8-18(9-7-17)26-11-2-4-22(24)29-15-19(23)16-5-10-20-21(14-16)28-13-3-12-27-20/h5-10,14H,2-4,11-13,15H2,1H3. The highest BCUT2D eigenvalue weighted by atomic mass is 16.5. The second-order valence-electron chi connectivity index (χ2n) is 6.42. The number of methoxy groups -OCH3 is 1. The average Bonchev–Trinajstić information content (AvgIpc) is 3.00. The summed E-state index contributed by atoms with van der Waals surface area (Å²) in [7, 11) is 1.60. The van der Waals surface area contributed by atoms with Gasteiger partial charge in [0.05, 0.1) is 26.9 Å². The number of carbonyl (C=O) groups is 2. The number of fused-ring (bicyclic) bond motifs is 1. The maximum absolute atomic E-state index is 12.3. The molecule has 1 heterocycles. The topological polar surface area (TPSA) is 80.3 Å². The van der Waals surface area contributed by atoms with Crippen molar-refractivity contribution in [1.29, 1.82) is 0 Å². The Balaban J connectivity index is 1.37. The Morgan fingerprint density at radius 2 is 1.69 bits per heavy atom. The monoisotopic (exact) mass is 400 g/mol. The number of benzene rings is 2. The molecule has 0 bridgehead atoms. The molecule has 0 spiro atoms. The minimum atomic E-state index is -0.439. The van der Waals surface area contributed by atoms with Gasteiger partial charge in [0.15, 0.2) is 23.9 Å². The Morgan fingerprint density at radius 1 is 0.966 bits per heavy atom. The summed E-state index contributed by atoms with van der Waals surface area (Å²) in [6.45, 7) is 1.19. The molecule has 0 unspecified atom stereocenters. The molecule has 3 rings (SSSR count). The molecule has 2 aromatic carbocycles. The minimum absolute atomic E-state index is 0.171. The lowest BCUT2D eigenvalue weighted by atomic mass is 10.1. The first-order valence-electron chi connectivity index (χ1n) is 9.51. The molecule has 1 aliphatic rings. The molecule has 0 saturated heterocycles. The quantitative estimate of drug-likeness (QED) is 0.362. The van der Waals surface area contributed by atoms with Gasteiger partial charge in [-0.05, 0) is 48.9 Å². The molecule has 0 aromatic heterocycles. The molecule has 0 saturated carbocycles. The first-order chi connectivity index (χ1) is 14.2. The lowest BCUT2D eigenvalue weighted by molar-refractivity contribution is -0.142. The van der Waals surface area contributed by atoms with E-state index in [-0.39, 0.29) is 18.8 Å². The summed E-state index contributed by atoms with van der Waals surface area (Å²) in [6.07, 6.45) is 1.45. The van der Waals surface area contributed by atoms with Crippen LogP contribution in [-0.2, 0) is 9.53 Å². The number of ketones is 1. The molecule has 29 heavy (non-hydrogen) atoms. The van der Waals surface area contributed by atoms with Crippen molar-refractivity contribution in [3.05, 3.63) is 48.0 Å². The van der Waals surface area contributed by atoms with Crippen LogP contribution < -0.4 is 18.9 Å². The fourth-order valence-corrected chi connectivity index (χ4v) is 2.72. The maximum atomic E-state index is 12.3. The summed E-state index contributed by atoms with van der Waals surface area (Å²) < 4.78 is 26.8. The number of hydrogen-bond acceptors (Lipinski definition) is 7. The van der Waals surface area contributed by atoms with Crippen LogP contribution in [0.3, 0.4) is 0 Å². The summed E-state index contributed by atoms with van der Waals surface area (Å²) in [6, 6.07) is 12.2. The van der Waals surface area contributed by atoms with Gasteiger partial charge in [0.2, 0.25) is 0 Å². The number of rotatable bonds is 9. The zero-order valence-electron chi connectivity index (χ0n) is 16.3. The zero-order valence-corrected chi connectivity index (χ0v) is 16.3. The Labute approximate surface area is 169 Å². The van der Waals surface area contributed by atoms with E-state index in [0.29, 0.717) is 49.1 Å². The van der Waals surface area contributed by atoms with Crippen LogP contribution in [0.1, 0.15) is 29.6 Å². The van der Waals surface area contributed by atoms with E-state index in [0.717, 1.165) is 12.2 Å². The largest absolute Gasteiger partial charge is 0.497 e. The van der Waals surface area contributed by atoms with Gasteiger partial charge in [-0.25, -0.2) is 0 Å². The summed E-state index contributed by atoms with van der Waals surface area (Å²) in [5, 5.41) is 0. The van der Waals surface area contributed by atoms with E-state index in [2.05, 4.69) is 0 Å². The number of hydrogen-bond donors (Lipinski definition) is 0. The van der Waals surface area contributed by atoms with E-state index >= 15 is 0 Å². The summed E-state index contributed by atoms with van der Waals surface area (Å²) in [5.74, 6) is 1.88. The average molecular weight is 400 g/mol. The molecule has 1 aliphatic heterocycles. The molecule has 7 nitrogen and oxygen atoms in total. The highest BCUT2D eigenvalue weighted by molar-refractivity contribution is 5.98. The van der Waals surface area contributed by atoms with Crippen LogP contribution >= 0.6 is 0 Å². The molecule has 0 amide bonds. The Kier molecular flexibility index (Phi) is 7.33. The van der Waals surface area contributed by atoms with Crippen molar-refractivity contribution in [2.45, 2.75) is 19.3 Å².